The van der Waals surface area contributed by atoms with E-state index in [1.165, 1.54) is 0 Å². The van der Waals surface area contributed by atoms with Crippen LogP contribution in [-0.4, -0.2) is 6.61 Å². The van der Waals surface area contributed by atoms with Gasteiger partial charge in [-0.1, -0.05) is 0 Å². The molecule has 0 aliphatic rings. The third kappa shape index (κ3) is 1.89. The second kappa shape index (κ2) is 3.84. The minimum absolute atomic E-state index is 0.581. The van der Waals surface area contributed by atoms with Gasteiger partial charge in [0.05, 0.1) is 12.5 Å². The number of rotatable bonds is 3. The lowest BCUT2D eigenvalue weighted by Gasteiger charge is -1.94. The van der Waals surface area contributed by atoms with Crippen LogP contribution in [0.5, 0.6) is 5.06 Å². The fraction of sp³-hybridized carbons (Fsp3) is 0.429. The summed E-state index contributed by atoms with van der Waals surface area (Å²) in [5.41, 5.74) is 0. The monoisotopic (exact) mass is 176 g/mol. The number of alkyl halides is 1. The summed E-state index contributed by atoms with van der Waals surface area (Å²) in [6, 6.07) is 3.94. The number of halogens is 1. The van der Waals surface area contributed by atoms with Gasteiger partial charge < -0.3 is 4.74 Å². The second-order valence-corrected chi connectivity index (χ2v) is 3.19. The fourth-order valence-corrected chi connectivity index (χ4v) is 1.66. The molecular formula is C7H9ClOS. The largest absolute Gasteiger partial charge is 0.484 e. The van der Waals surface area contributed by atoms with Crippen LogP contribution >= 0.6 is 22.9 Å². The molecular weight excluding hydrogens is 168 g/mol. The average molecular weight is 177 g/mol. The molecule has 0 N–H and O–H groups in total. The second-order valence-electron chi connectivity index (χ2n) is 1.79. The molecule has 1 rings (SSSR count). The summed E-state index contributed by atoms with van der Waals surface area (Å²) >= 11 is 7.20. The quantitative estimate of drug-likeness (QED) is 0.644. The summed E-state index contributed by atoms with van der Waals surface area (Å²) in [5.74, 6) is 0.581. The van der Waals surface area contributed by atoms with Gasteiger partial charge in [0, 0.05) is 4.88 Å². The Labute approximate surface area is 69.6 Å². The molecule has 0 atom stereocenters. The van der Waals surface area contributed by atoms with Crippen LogP contribution in [-0.2, 0) is 5.88 Å². The third-order valence-electron chi connectivity index (χ3n) is 1.06. The zero-order valence-electron chi connectivity index (χ0n) is 5.76. The Morgan fingerprint density at radius 3 is 2.90 bits per heavy atom. The first-order valence-corrected chi connectivity index (χ1v) is 4.49. The van der Waals surface area contributed by atoms with Crippen molar-refractivity contribution < 1.29 is 4.74 Å². The molecule has 10 heavy (non-hydrogen) atoms. The fourth-order valence-electron chi connectivity index (χ4n) is 0.650. The molecule has 0 amide bonds. The standard InChI is InChI=1S/C7H9ClOS/c1-2-9-7-4-3-6(5-8)10-7/h3-4H,2,5H2,1H3. The van der Waals surface area contributed by atoms with Crippen LogP contribution in [0.1, 0.15) is 11.8 Å². The van der Waals surface area contributed by atoms with E-state index in [1.807, 2.05) is 19.1 Å². The first kappa shape index (κ1) is 7.89. The smallest absolute Gasteiger partial charge is 0.174 e. The summed E-state index contributed by atoms with van der Waals surface area (Å²) in [6.45, 7) is 2.70. The molecule has 0 aliphatic heterocycles. The molecule has 3 heteroatoms. The topological polar surface area (TPSA) is 9.23 Å². The van der Waals surface area contributed by atoms with Gasteiger partial charge >= 0.3 is 0 Å². The van der Waals surface area contributed by atoms with E-state index in [2.05, 4.69) is 0 Å². The van der Waals surface area contributed by atoms with Gasteiger partial charge in [-0.3, -0.25) is 0 Å². The van der Waals surface area contributed by atoms with Crippen molar-refractivity contribution in [2.45, 2.75) is 12.8 Å². The van der Waals surface area contributed by atoms with E-state index < -0.39 is 0 Å². The maximum atomic E-state index is 5.60. The zero-order valence-corrected chi connectivity index (χ0v) is 7.34. The van der Waals surface area contributed by atoms with Crippen molar-refractivity contribution in [3.63, 3.8) is 0 Å². The Kier molecular flexibility index (Phi) is 3.03. The number of hydrogen-bond acceptors (Lipinski definition) is 2. The Bertz CT molecular complexity index is 197. The zero-order chi connectivity index (χ0) is 7.40. The summed E-state index contributed by atoms with van der Waals surface area (Å²) in [4.78, 5) is 1.16. The molecule has 1 nitrogen and oxygen atoms in total. The lowest BCUT2D eigenvalue weighted by molar-refractivity contribution is 0.350. The molecule has 0 bridgehead atoms. The van der Waals surface area contributed by atoms with E-state index in [0.29, 0.717) is 5.88 Å². The van der Waals surface area contributed by atoms with Gasteiger partial charge in [0.1, 0.15) is 0 Å². The van der Waals surface area contributed by atoms with E-state index in [9.17, 15) is 0 Å². The van der Waals surface area contributed by atoms with Crippen molar-refractivity contribution in [2.24, 2.45) is 0 Å². The van der Waals surface area contributed by atoms with Gasteiger partial charge in [-0.15, -0.1) is 22.9 Å². The van der Waals surface area contributed by atoms with Crippen molar-refractivity contribution in [2.75, 3.05) is 6.61 Å². The molecule has 1 aromatic rings. The molecule has 0 saturated heterocycles. The number of thiophene rings is 1. The van der Waals surface area contributed by atoms with Crippen LogP contribution in [0.4, 0.5) is 0 Å². The summed E-state index contributed by atoms with van der Waals surface area (Å²) < 4.78 is 5.25. The minimum atomic E-state index is 0.581. The van der Waals surface area contributed by atoms with Gasteiger partial charge in [-0.25, -0.2) is 0 Å². The molecule has 0 aromatic carbocycles. The summed E-state index contributed by atoms with van der Waals surface area (Å²) in [7, 11) is 0. The van der Waals surface area contributed by atoms with E-state index in [-0.39, 0.29) is 0 Å². The van der Waals surface area contributed by atoms with Gasteiger partial charge in [0.15, 0.2) is 5.06 Å². The molecule has 1 aromatic heterocycles. The Balaban J connectivity index is 2.59. The van der Waals surface area contributed by atoms with Crippen LogP contribution in [0, 0.1) is 0 Å². The van der Waals surface area contributed by atoms with Crippen molar-refractivity contribution in [3.05, 3.63) is 17.0 Å². The van der Waals surface area contributed by atoms with E-state index in [1.54, 1.807) is 11.3 Å². The highest BCUT2D eigenvalue weighted by atomic mass is 35.5. The lowest BCUT2D eigenvalue weighted by atomic mass is 10.5. The highest BCUT2D eigenvalue weighted by molar-refractivity contribution is 7.14. The molecule has 0 unspecified atom stereocenters. The van der Waals surface area contributed by atoms with Crippen LogP contribution < -0.4 is 4.74 Å². The van der Waals surface area contributed by atoms with Gasteiger partial charge in [0.25, 0.3) is 0 Å². The number of hydrogen-bond donors (Lipinski definition) is 0. The Morgan fingerprint density at radius 1 is 1.60 bits per heavy atom. The van der Waals surface area contributed by atoms with Crippen LogP contribution in [0.25, 0.3) is 0 Å². The molecule has 0 fully saturated rings. The predicted molar refractivity (Wildman–Crippen MR) is 45.0 cm³/mol. The van der Waals surface area contributed by atoms with Crippen molar-refractivity contribution in [1.82, 2.24) is 0 Å². The summed E-state index contributed by atoms with van der Waals surface area (Å²) in [6.07, 6.45) is 0. The highest BCUT2D eigenvalue weighted by Gasteiger charge is 1.96. The van der Waals surface area contributed by atoms with Gasteiger partial charge in [0.2, 0.25) is 0 Å². The van der Waals surface area contributed by atoms with Crippen molar-refractivity contribution in [1.29, 1.82) is 0 Å². The molecule has 1 heterocycles. The van der Waals surface area contributed by atoms with Crippen LogP contribution in [0.15, 0.2) is 12.1 Å². The highest BCUT2D eigenvalue weighted by Crippen LogP contribution is 2.25. The van der Waals surface area contributed by atoms with Gasteiger partial charge in [-0.05, 0) is 19.1 Å². The number of ether oxygens (including phenoxy) is 1. The molecule has 0 saturated carbocycles. The third-order valence-corrected chi connectivity index (χ3v) is 2.50. The van der Waals surface area contributed by atoms with E-state index in [4.69, 9.17) is 16.3 Å². The molecule has 0 radical (unpaired) electrons. The molecule has 56 valence electrons. The van der Waals surface area contributed by atoms with E-state index >= 15 is 0 Å². The minimum Gasteiger partial charge on any atom is -0.484 e. The van der Waals surface area contributed by atoms with Crippen molar-refractivity contribution in [3.8, 4) is 5.06 Å². The first-order chi connectivity index (χ1) is 4.86. The Hall–Kier alpha value is -0.210. The van der Waals surface area contributed by atoms with Crippen molar-refractivity contribution >= 4 is 22.9 Å². The average Bonchev–Trinajstić information content (AvgIpc) is 2.37. The summed E-state index contributed by atoms with van der Waals surface area (Å²) in [5, 5.41) is 0.957. The van der Waals surface area contributed by atoms with E-state index in [0.717, 1.165) is 16.5 Å². The normalized spacial score (nSPS) is 9.80. The maximum absolute atomic E-state index is 5.60. The first-order valence-electron chi connectivity index (χ1n) is 3.14. The molecule has 0 spiro atoms. The maximum Gasteiger partial charge on any atom is 0.174 e. The van der Waals surface area contributed by atoms with Crippen LogP contribution in [0.2, 0.25) is 0 Å². The van der Waals surface area contributed by atoms with Crippen LogP contribution in [0.3, 0.4) is 0 Å². The molecule has 0 aliphatic carbocycles. The lowest BCUT2D eigenvalue weighted by Crippen LogP contribution is -1.86. The SMILES string of the molecule is CCOc1ccc(CCl)s1. The Morgan fingerprint density at radius 2 is 2.40 bits per heavy atom. The predicted octanol–water partition coefficient (Wildman–Crippen LogP) is 2.89. The van der Waals surface area contributed by atoms with Gasteiger partial charge in [-0.2, -0.15) is 0 Å².